The first-order valence-electron chi connectivity index (χ1n) is 7.33. The van der Waals surface area contributed by atoms with Gasteiger partial charge in [0, 0.05) is 19.0 Å². The lowest BCUT2D eigenvalue weighted by Gasteiger charge is -2.16. The minimum absolute atomic E-state index is 0.696. The van der Waals surface area contributed by atoms with Gasteiger partial charge in [0.15, 0.2) is 0 Å². The van der Waals surface area contributed by atoms with Gasteiger partial charge in [-0.3, -0.25) is 0 Å². The van der Waals surface area contributed by atoms with E-state index in [1.54, 1.807) is 0 Å². The van der Waals surface area contributed by atoms with Crippen LogP contribution in [0.1, 0.15) is 43.7 Å². The molecule has 2 nitrogen and oxygen atoms in total. The maximum Gasteiger partial charge on any atom is 0.122 e. The van der Waals surface area contributed by atoms with Gasteiger partial charge in [-0.15, -0.1) is 0 Å². The quantitative estimate of drug-likeness (QED) is 0.830. The van der Waals surface area contributed by atoms with Crippen LogP contribution < -0.4 is 10.1 Å². The zero-order valence-corrected chi connectivity index (χ0v) is 11.2. The van der Waals surface area contributed by atoms with Gasteiger partial charge in [-0.2, -0.15) is 0 Å². The molecule has 1 atom stereocenters. The Balaban J connectivity index is 1.55. The Labute approximate surface area is 110 Å². The molecule has 1 N–H and O–H groups in total. The fourth-order valence-electron chi connectivity index (χ4n) is 2.76. The van der Waals surface area contributed by atoms with Crippen LogP contribution in [0.2, 0.25) is 0 Å². The molecule has 18 heavy (non-hydrogen) atoms. The summed E-state index contributed by atoms with van der Waals surface area (Å²) in [5.41, 5.74) is 2.78. The number of hydrogen-bond donors (Lipinski definition) is 1. The van der Waals surface area contributed by atoms with E-state index in [1.807, 2.05) is 0 Å². The molecule has 1 unspecified atom stereocenters. The SMILES string of the molecule is CCC(CC1CC1)NCc1ccc2c(c1)CCO2. The number of benzene rings is 1. The normalized spacial score (nSPS) is 19.4. The molecule has 2 aliphatic rings. The monoisotopic (exact) mass is 245 g/mol. The molecule has 0 saturated heterocycles. The fraction of sp³-hybridized carbons (Fsp3) is 0.625. The Morgan fingerprint density at radius 3 is 3.06 bits per heavy atom. The highest BCUT2D eigenvalue weighted by atomic mass is 16.5. The van der Waals surface area contributed by atoms with Crippen LogP contribution in [-0.2, 0) is 13.0 Å². The van der Waals surface area contributed by atoms with E-state index < -0.39 is 0 Å². The minimum atomic E-state index is 0.696. The summed E-state index contributed by atoms with van der Waals surface area (Å²) in [5, 5.41) is 3.71. The van der Waals surface area contributed by atoms with Crippen molar-refractivity contribution in [2.24, 2.45) is 5.92 Å². The molecule has 98 valence electrons. The second kappa shape index (κ2) is 5.31. The summed E-state index contributed by atoms with van der Waals surface area (Å²) < 4.78 is 5.54. The van der Waals surface area contributed by atoms with Crippen LogP contribution in [0.15, 0.2) is 18.2 Å². The summed E-state index contributed by atoms with van der Waals surface area (Å²) in [6.07, 6.45) is 6.58. The molecule has 1 fully saturated rings. The molecule has 1 aliphatic carbocycles. The molecule has 1 aromatic carbocycles. The number of ether oxygens (including phenoxy) is 1. The second-order valence-electron chi connectivity index (χ2n) is 5.71. The van der Waals surface area contributed by atoms with E-state index in [0.717, 1.165) is 31.2 Å². The molecule has 0 aromatic heterocycles. The van der Waals surface area contributed by atoms with Crippen molar-refractivity contribution in [2.75, 3.05) is 6.61 Å². The molecular formula is C16H23NO. The smallest absolute Gasteiger partial charge is 0.122 e. The molecule has 0 bridgehead atoms. The van der Waals surface area contributed by atoms with Crippen molar-refractivity contribution in [1.29, 1.82) is 0 Å². The molecule has 0 amide bonds. The molecular weight excluding hydrogens is 222 g/mol. The first kappa shape index (κ1) is 12.0. The summed E-state index contributed by atoms with van der Waals surface area (Å²) in [7, 11) is 0. The van der Waals surface area contributed by atoms with Gasteiger partial charge in [0.25, 0.3) is 0 Å². The largest absolute Gasteiger partial charge is 0.493 e. The van der Waals surface area contributed by atoms with Crippen LogP contribution in [0.5, 0.6) is 5.75 Å². The number of hydrogen-bond acceptors (Lipinski definition) is 2. The maximum atomic E-state index is 5.54. The molecule has 0 spiro atoms. The summed E-state index contributed by atoms with van der Waals surface area (Å²) in [5.74, 6) is 2.10. The van der Waals surface area contributed by atoms with Crippen molar-refractivity contribution in [3.05, 3.63) is 29.3 Å². The summed E-state index contributed by atoms with van der Waals surface area (Å²) in [6.45, 7) is 4.14. The van der Waals surface area contributed by atoms with Crippen molar-refractivity contribution < 1.29 is 4.74 Å². The Hall–Kier alpha value is -1.02. The van der Waals surface area contributed by atoms with Crippen molar-refractivity contribution in [1.82, 2.24) is 5.32 Å². The number of fused-ring (bicyclic) bond motifs is 1. The van der Waals surface area contributed by atoms with Gasteiger partial charge in [0.2, 0.25) is 0 Å². The van der Waals surface area contributed by atoms with Crippen LogP contribution >= 0.6 is 0 Å². The van der Waals surface area contributed by atoms with Gasteiger partial charge in [-0.05, 0) is 36.0 Å². The van der Waals surface area contributed by atoms with Gasteiger partial charge in [0.05, 0.1) is 6.61 Å². The third-order valence-electron chi connectivity index (χ3n) is 4.16. The van der Waals surface area contributed by atoms with Crippen molar-refractivity contribution in [3.63, 3.8) is 0 Å². The topological polar surface area (TPSA) is 21.3 Å². The first-order valence-corrected chi connectivity index (χ1v) is 7.33. The van der Waals surface area contributed by atoms with Gasteiger partial charge in [-0.1, -0.05) is 31.9 Å². The Morgan fingerprint density at radius 2 is 2.28 bits per heavy atom. The Kier molecular flexibility index (Phi) is 3.55. The van der Waals surface area contributed by atoms with E-state index in [1.165, 1.54) is 36.8 Å². The van der Waals surface area contributed by atoms with E-state index in [9.17, 15) is 0 Å². The van der Waals surface area contributed by atoms with Crippen LogP contribution in [-0.4, -0.2) is 12.6 Å². The minimum Gasteiger partial charge on any atom is -0.493 e. The Bertz CT molecular complexity index is 412. The van der Waals surface area contributed by atoms with Crippen LogP contribution in [0.4, 0.5) is 0 Å². The third-order valence-corrected chi connectivity index (χ3v) is 4.16. The lowest BCUT2D eigenvalue weighted by atomic mass is 10.1. The van der Waals surface area contributed by atoms with Crippen LogP contribution in [0.25, 0.3) is 0 Å². The van der Waals surface area contributed by atoms with E-state index >= 15 is 0 Å². The lowest BCUT2D eigenvalue weighted by Crippen LogP contribution is -2.28. The van der Waals surface area contributed by atoms with Gasteiger partial charge < -0.3 is 10.1 Å². The molecule has 0 radical (unpaired) electrons. The van der Waals surface area contributed by atoms with E-state index in [2.05, 4.69) is 30.4 Å². The highest BCUT2D eigenvalue weighted by Gasteiger charge is 2.24. The lowest BCUT2D eigenvalue weighted by molar-refractivity contribution is 0.357. The summed E-state index contributed by atoms with van der Waals surface area (Å²) >= 11 is 0. The second-order valence-corrected chi connectivity index (χ2v) is 5.71. The van der Waals surface area contributed by atoms with Crippen molar-refractivity contribution in [2.45, 2.75) is 51.6 Å². The zero-order valence-electron chi connectivity index (χ0n) is 11.2. The molecule has 1 aromatic rings. The average molecular weight is 245 g/mol. The van der Waals surface area contributed by atoms with Gasteiger partial charge >= 0.3 is 0 Å². The van der Waals surface area contributed by atoms with Gasteiger partial charge in [0.1, 0.15) is 5.75 Å². The summed E-state index contributed by atoms with van der Waals surface area (Å²) in [6, 6.07) is 7.32. The molecule has 1 aliphatic heterocycles. The number of rotatable bonds is 6. The molecule has 1 heterocycles. The van der Waals surface area contributed by atoms with Crippen molar-refractivity contribution >= 4 is 0 Å². The highest BCUT2D eigenvalue weighted by molar-refractivity contribution is 5.39. The third kappa shape index (κ3) is 2.86. The molecule has 3 rings (SSSR count). The maximum absolute atomic E-state index is 5.54. The predicted molar refractivity (Wildman–Crippen MR) is 73.9 cm³/mol. The van der Waals surface area contributed by atoms with Crippen LogP contribution in [0, 0.1) is 5.92 Å². The Morgan fingerprint density at radius 1 is 1.39 bits per heavy atom. The van der Waals surface area contributed by atoms with Gasteiger partial charge in [-0.25, -0.2) is 0 Å². The highest BCUT2D eigenvalue weighted by Crippen LogP contribution is 2.34. The van der Waals surface area contributed by atoms with Crippen LogP contribution in [0.3, 0.4) is 0 Å². The average Bonchev–Trinajstić information content (AvgIpc) is 3.09. The first-order chi connectivity index (χ1) is 8.85. The predicted octanol–water partition coefficient (Wildman–Crippen LogP) is 3.29. The number of nitrogens with one attached hydrogen (secondary N) is 1. The van der Waals surface area contributed by atoms with E-state index in [4.69, 9.17) is 4.74 Å². The molecule has 1 saturated carbocycles. The van der Waals surface area contributed by atoms with Crippen molar-refractivity contribution in [3.8, 4) is 5.75 Å². The summed E-state index contributed by atoms with van der Waals surface area (Å²) in [4.78, 5) is 0. The molecule has 2 heteroatoms. The van der Waals surface area contributed by atoms with E-state index in [0.29, 0.717) is 6.04 Å². The van der Waals surface area contributed by atoms with E-state index in [-0.39, 0.29) is 0 Å². The fourth-order valence-corrected chi connectivity index (χ4v) is 2.76. The zero-order chi connectivity index (χ0) is 12.4. The standard InChI is InChI=1S/C16H23NO/c1-2-15(10-12-3-4-12)17-11-13-5-6-16-14(9-13)7-8-18-16/h5-6,9,12,15,17H,2-4,7-8,10-11H2,1H3.